The number of nitrogens with one attached hydrogen (secondary N) is 1. The summed E-state index contributed by atoms with van der Waals surface area (Å²) in [4.78, 5) is 14.5. The highest BCUT2D eigenvalue weighted by Crippen LogP contribution is 2.07. The van der Waals surface area contributed by atoms with Gasteiger partial charge in [-0.1, -0.05) is 24.8 Å². The molecule has 0 spiro atoms. The summed E-state index contributed by atoms with van der Waals surface area (Å²) < 4.78 is 1.34. The smallest absolute Gasteiger partial charge is 0.276 e. The molecular formula is C10H7N3O. The lowest BCUT2D eigenvalue weighted by Crippen LogP contribution is -2.12. The summed E-state index contributed by atoms with van der Waals surface area (Å²) in [6.45, 7) is 6.76. The Bertz CT molecular complexity index is 530. The third-order valence-electron chi connectivity index (χ3n) is 1.84. The number of nitrogens with zero attached hydrogens (tertiary/aromatic N) is 2. The minimum atomic E-state index is -0.220. The second-order valence-corrected chi connectivity index (χ2v) is 2.76. The molecule has 2 rings (SSSR count). The second-order valence-electron chi connectivity index (χ2n) is 2.76. The van der Waals surface area contributed by atoms with Gasteiger partial charge >= 0.3 is 0 Å². The highest BCUT2D eigenvalue weighted by Gasteiger charge is 2.04. The number of aromatic nitrogens is 2. The fourth-order valence-corrected chi connectivity index (χ4v) is 1.21. The number of para-hydroxylation sites is 1. The molecule has 0 fully saturated rings. The van der Waals surface area contributed by atoms with E-state index in [0.717, 1.165) is 5.69 Å². The molecule has 0 aliphatic carbocycles. The molecule has 0 radical (unpaired) electrons. The molecule has 2 aromatic rings. The normalized spacial score (nSPS) is 9.64. The highest BCUT2D eigenvalue weighted by molar-refractivity contribution is 5.38. The van der Waals surface area contributed by atoms with Gasteiger partial charge in [-0.15, -0.1) is 0 Å². The Morgan fingerprint density at radius 1 is 1.29 bits per heavy atom. The van der Waals surface area contributed by atoms with E-state index in [1.54, 1.807) is 12.1 Å². The van der Waals surface area contributed by atoms with Crippen LogP contribution in [0.1, 0.15) is 0 Å². The van der Waals surface area contributed by atoms with E-state index in [9.17, 15) is 4.79 Å². The fourth-order valence-electron chi connectivity index (χ4n) is 1.21. The van der Waals surface area contributed by atoms with Crippen molar-refractivity contribution >= 4 is 5.82 Å². The summed E-state index contributed by atoms with van der Waals surface area (Å²) in [5, 5.41) is 2.70. The first-order valence-electron chi connectivity index (χ1n) is 4.06. The van der Waals surface area contributed by atoms with E-state index in [4.69, 9.17) is 6.57 Å². The van der Waals surface area contributed by atoms with Gasteiger partial charge in [-0.25, -0.2) is 5.10 Å². The average Bonchev–Trinajstić information content (AvgIpc) is 2.61. The Morgan fingerprint density at radius 3 is 2.57 bits per heavy atom. The van der Waals surface area contributed by atoms with E-state index in [2.05, 4.69) is 9.94 Å². The summed E-state index contributed by atoms with van der Waals surface area (Å²) in [6, 6.07) is 10.4. The van der Waals surface area contributed by atoms with Crippen LogP contribution < -0.4 is 5.56 Å². The minimum Gasteiger partial charge on any atom is -0.362 e. The SMILES string of the molecule is [C-]#[N+]c1cc(=O)n(-c2ccccc2)[nH]1. The lowest BCUT2D eigenvalue weighted by Gasteiger charge is -1.96. The van der Waals surface area contributed by atoms with Crippen molar-refractivity contribution in [1.29, 1.82) is 0 Å². The molecule has 0 saturated heterocycles. The zero-order valence-electron chi connectivity index (χ0n) is 7.27. The molecule has 4 heteroatoms. The van der Waals surface area contributed by atoms with E-state index in [1.807, 2.05) is 18.2 Å². The van der Waals surface area contributed by atoms with E-state index in [-0.39, 0.29) is 11.4 Å². The molecule has 68 valence electrons. The van der Waals surface area contributed by atoms with Crippen molar-refractivity contribution in [2.24, 2.45) is 0 Å². The Labute approximate surface area is 80.2 Å². The first kappa shape index (κ1) is 8.32. The van der Waals surface area contributed by atoms with E-state index in [0.29, 0.717) is 0 Å². The maximum absolute atomic E-state index is 11.4. The zero-order chi connectivity index (χ0) is 9.97. The summed E-state index contributed by atoms with van der Waals surface area (Å²) in [6.07, 6.45) is 0. The predicted molar refractivity (Wildman–Crippen MR) is 52.7 cm³/mol. The summed E-state index contributed by atoms with van der Waals surface area (Å²) in [5.74, 6) is 0.249. The topological polar surface area (TPSA) is 42.1 Å². The molecular weight excluding hydrogens is 178 g/mol. The second kappa shape index (κ2) is 3.23. The largest absolute Gasteiger partial charge is 0.362 e. The van der Waals surface area contributed by atoms with Gasteiger partial charge in [0.15, 0.2) is 0 Å². The number of H-pyrrole nitrogens is 1. The predicted octanol–water partition coefficient (Wildman–Crippen LogP) is 1.72. The van der Waals surface area contributed by atoms with Gasteiger partial charge in [0.25, 0.3) is 11.4 Å². The Morgan fingerprint density at radius 2 is 2.00 bits per heavy atom. The van der Waals surface area contributed by atoms with Crippen molar-refractivity contribution < 1.29 is 0 Å². The van der Waals surface area contributed by atoms with Crippen LogP contribution in [-0.4, -0.2) is 9.78 Å². The van der Waals surface area contributed by atoms with E-state index >= 15 is 0 Å². The van der Waals surface area contributed by atoms with Crippen molar-refractivity contribution in [3.63, 3.8) is 0 Å². The van der Waals surface area contributed by atoms with Gasteiger partial charge in [0, 0.05) is 6.07 Å². The van der Waals surface area contributed by atoms with Crippen LogP contribution >= 0.6 is 0 Å². The number of hydrogen-bond donors (Lipinski definition) is 1. The van der Waals surface area contributed by atoms with Crippen molar-refractivity contribution in [3.05, 3.63) is 58.2 Å². The molecule has 14 heavy (non-hydrogen) atoms. The van der Waals surface area contributed by atoms with E-state index < -0.39 is 0 Å². The van der Waals surface area contributed by atoms with Crippen molar-refractivity contribution in [2.45, 2.75) is 0 Å². The van der Waals surface area contributed by atoms with Crippen molar-refractivity contribution in [2.75, 3.05) is 0 Å². The zero-order valence-corrected chi connectivity index (χ0v) is 7.27. The summed E-state index contributed by atoms with van der Waals surface area (Å²) in [5.41, 5.74) is 0.509. The van der Waals surface area contributed by atoms with Gasteiger partial charge in [-0.2, -0.15) is 4.68 Å². The van der Waals surface area contributed by atoms with Gasteiger partial charge in [0.05, 0.1) is 5.69 Å². The van der Waals surface area contributed by atoms with Gasteiger partial charge in [-0.05, 0) is 12.1 Å². The van der Waals surface area contributed by atoms with Gasteiger partial charge < -0.3 is 4.85 Å². The van der Waals surface area contributed by atoms with Crippen LogP contribution in [0, 0.1) is 6.57 Å². The van der Waals surface area contributed by atoms with Crippen LogP contribution in [0.15, 0.2) is 41.2 Å². The third kappa shape index (κ3) is 1.31. The standard InChI is InChI=1S/C10H7N3O/c1-11-9-7-10(14)13(12-9)8-5-3-2-4-6-8/h2-7,12H. The molecule has 1 N–H and O–H groups in total. The molecule has 1 aromatic carbocycles. The average molecular weight is 185 g/mol. The first-order valence-corrected chi connectivity index (χ1v) is 4.06. The summed E-state index contributed by atoms with van der Waals surface area (Å²) in [7, 11) is 0. The van der Waals surface area contributed by atoms with Crippen LogP contribution in [0.5, 0.6) is 0 Å². The summed E-state index contributed by atoms with van der Waals surface area (Å²) >= 11 is 0. The van der Waals surface area contributed by atoms with Crippen molar-refractivity contribution in [1.82, 2.24) is 9.78 Å². The number of rotatable bonds is 1. The third-order valence-corrected chi connectivity index (χ3v) is 1.84. The van der Waals surface area contributed by atoms with Crippen LogP contribution in [0.2, 0.25) is 0 Å². The maximum atomic E-state index is 11.4. The van der Waals surface area contributed by atoms with Gasteiger partial charge in [0.1, 0.15) is 0 Å². The highest BCUT2D eigenvalue weighted by atomic mass is 16.1. The first-order chi connectivity index (χ1) is 6.81. The lowest BCUT2D eigenvalue weighted by molar-refractivity contribution is 0.855. The maximum Gasteiger partial charge on any atom is 0.276 e. The van der Waals surface area contributed by atoms with Crippen molar-refractivity contribution in [3.8, 4) is 5.69 Å². The lowest BCUT2D eigenvalue weighted by atomic mass is 10.3. The molecule has 0 aliphatic heterocycles. The quantitative estimate of drug-likeness (QED) is 0.675. The van der Waals surface area contributed by atoms with Crippen LogP contribution in [-0.2, 0) is 0 Å². The molecule has 1 heterocycles. The number of aromatic amines is 1. The van der Waals surface area contributed by atoms with E-state index in [1.165, 1.54) is 10.7 Å². The molecule has 0 unspecified atom stereocenters. The number of benzene rings is 1. The van der Waals surface area contributed by atoms with Gasteiger partial charge in [0.2, 0.25) is 0 Å². The Balaban J connectivity index is 2.59. The minimum absolute atomic E-state index is 0.220. The Hall–Kier alpha value is -2.28. The molecule has 0 amide bonds. The molecule has 0 aliphatic rings. The molecule has 1 aromatic heterocycles. The van der Waals surface area contributed by atoms with Gasteiger partial charge in [-0.3, -0.25) is 4.79 Å². The Kier molecular flexibility index (Phi) is 1.92. The monoisotopic (exact) mass is 185 g/mol. The molecule has 0 bridgehead atoms. The van der Waals surface area contributed by atoms with Crippen LogP contribution in [0.4, 0.5) is 5.82 Å². The molecule has 0 atom stereocenters. The van der Waals surface area contributed by atoms with Crippen LogP contribution in [0.25, 0.3) is 10.5 Å². The fraction of sp³-hybridized carbons (Fsp3) is 0. The van der Waals surface area contributed by atoms with Crippen LogP contribution in [0.3, 0.4) is 0 Å². The molecule has 0 saturated carbocycles. The number of hydrogen-bond acceptors (Lipinski definition) is 1. The molecule has 4 nitrogen and oxygen atoms in total.